The molecule has 0 radical (unpaired) electrons. The molecule has 0 heterocycles. The van der Waals surface area contributed by atoms with Crippen LogP contribution in [0, 0.1) is 6.92 Å². The van der Waals surface area contributed by atoms with E-state index in [-0.39, 0.29) is 0 Å². The highest BCUT2D eigenvalue weighted by molar-refractivity contribution is 9.10. The lowest BCUT2D eigenvalue weighted by Crippen LogP contribution is -2.42. The second kappa shape index (κ2) is 5.09. The average molecular weight is 287 g/mol. The van der Waals surface area contributed by atoms with Crippen LogP contribution in [0.5, 0.6) is 0 Å². The second-order valence-corrected chi connectivity index (χ2v) is 4.18. The number of halogens is 1. The van der Waals surface area contributed by atoms with Crippen LogP contribution in [0.25, 0.3) is 0 Å². The molecule has 16 heavy (non-hydrogen) atoms. The first-order valence-electron chi connectivity index (χ1n) is 4.47. The maximum absolute atomic E-state index is 11.4. The highest BCUT2D eigenvalue weighted by Gasteiger charge is 2.21. The van der Waals surface area contributed by atoms with Crippen LogP contribution in [0.3, 0.4) is 0 Å². The molecule has 5 nitrogen and oxygen atoms in total. The van der Waals surface area contributed by atoms with Gasteiger partial charge >= 0.3 is 5.97 Å². The lowest BCUT2D eigenvalue weighted by Gasteiger charge is -2.10. The SMILES string of the molecule is Cc1cc(Br)ccc1NC(=O)C(N)C(=O)O. The van der Waals surface area contributed by atoms with Gasteiger partial charge in [0.2, 0.25) is 0 Å². The molecule has 1 atom stereocenters. The van der Waals surface area contributed by atoms with Gasteiger partial charge in [0, 0.05) is 10.2 Å². The van der Waals surface area contributed by atoms with Crippen LogP contribution in [0.4, 0.5) is 5.69 Å². The van der Waals surface area contributed by atoms with Crippen molar-refractivity contribution in [3.8, 4) is 0 Å². The topological polar surface area (TPSA) is 92.4 Å². The lowest BCUT2D eigenvalue weighted by molar-refractivity contribution is -0.141. The van der Waals surface area contributed by atoms with E-state index in [2.05, 4.69) is 21.2 Å². The van der Waals surface area contributed by atoms with E-state index in [0.717, 1.165) is 10.0 Å². The van der Waals surface area contributed by atoms with E-state index in [1.807, 2.05) is 6.07 Å². The van der Waals surface area contributed by atoms with Crippen LogP contribution >= 0.6 is 15.9 Å². The molecule has 0 bridgehead atoms. The number of benzene rings is 1. The monoisotopic (exact) mass is 286 g/mol. The number of hydrogen-bond donors (Lipinski definition) is 3. The molecule has 0 spiro atoms. The molecule has 6 heteroatoms. The summed E-state index contributed by atoms with van der Waals surface area (Å²) in [7, 11) is 0. The molecule has 1 aromatic carbocycles. The van der Waals surface area contributed by atoms with Crippen molar-refractivity contribution < 1.29 is 14.7 Å². The van der Waals surface area contributed by atoms with Gasteiger partial charge in [0.15, 0.2) is 6.04 Å². The number of rotatable bonds is 3. The normalized spacial score (nSPS) is 11.9. The zero-order valence-electron chi connectivity index (χ0n) is 8.53. The molecule has 1 unspecified atom stereocenters. The molecule has 1 amide bonds. The van der Waals surface area contributed by atoms with E-state index in [1.165, 1.54) is 0 Å². The summed E-state index contributed by atoms with van der Waals surface area (Å²) >= 11 is 3.28. The molecule has 0 aliphatic carbocycles. The number of carboxylic acid groups (broad SMARTS) is 1. The molecule has 1 aromatic rings. The van der Waals surface area contributed by atoms with E-state index >= 15 is 0 Å². The largest absolute Gasteiger partial charge is 0.480 e. The van der Waals surface area contributed by atoms with Crippen LogP contribution < -0.4 is 11.1 Å². The molecular weight excluding hydrogens is 276 g/mol. The number of aliphatic carboxylic acids is 1. The fourth-order valence-corrected chi connectivity index (χ4v) is 1.57. The lowest BCUT2D eigenvalue weighted by atomic mass is 10.2. The van der Waals surface area contributed by atoms with Crippen molar-refractivity contribution in [2.75, 3.05) is 5.32 Å². The van der Waals surface area contributed by atoms with Crippen molar-refractivity contribution in [2.45, 2.75) is 13.0 Å². The zero-order chi connectivity index (χ0) is 12.3. The van der Waals surface area contributed by atoms with Crippen LogP contribution in [-0.2, 0) is 9.59 Å². The van der Waals surface area contributed by atoms with Gasteiger partial charge in [-0.2, -0.15) is 0 Å². The Labute approximate surface area is 101 Å². The summed E-state index contributed by atoms with van der Waals surface area (Å²) in [5.41, 5.74) is 6.53. The van der Waals surface area contributed by atoms with E-state index in [1.54, 1.807) is 19.1 Å². The Hall–Kier alpha value is -1.40. The van der Waals surface area contributed by atoms with E-state index in [9.17, 15) is 9.59 Å². The molecule has 1 rings (SSSR count). The Morgan fingerprint density at radius 3 is 2.62 bits per heavy atom. The minimum Gasteiger partial charge on any atom is -0.480 e. The summed E-state index contributed by atoms with van der Waals surface area (Å²) in [6.45, 7) is 1.80. The first kappa shape index (κ1) is 12.7. The number of amides is 1. The second-order valence-electron chi connectivity index (χ2n) is 3.26. The van der Waals surface area contributed by atoms with Gasteiger partial charge in [-0.05, 0) is 30.7 Å². The number of hydrogen-bond acceptors (Lipinski definition) is 3. The molecule has 0 aliphatic rings. The first-order chi connectivity index (χ1) is 7.41. The molecule has 0 aromatic heterocycles. The number of carbonyl (C=O) groups is 2. The molecule has 86 valence electrons. The van der Waals surface area contributed by atoms with Gasteiger partial charge in [0.1, 0.15) is 0 Å². The standard InChI is InChI=1S/C10H11BrN2O3/c1-5-4-6(11)2-3-7(5)13-9(14)8(12)10(15)16/h2-4,8H,12H2,1H3,(H,13,14)(H,15,16). The van der Waals surface area contributed by atoms with Crippen LogP contribution in [0.15, 0.2) is 22.7 Å². The number of nitrogens with two attached hydrogens (primary N) is 1. The summed E-state index contributed by atoms with van der Waals surface area (Å²) in [6.07, 6.45) is 0. The zero-order valence-corrected chi connectivity index (χ0v) is 10.1. The molecule has 0 saturated heterocycles. The summed E-state index contributed by atoms with van der Waals surface area (Å²) in [5.74, 6) is -2.09. The maximum Gasteiger partial charge on any atom is 0.330 e. The van der Waals surface area contributed by atoms with E-state index < -0.39 is 17.9 Å². The van der Waals surface area contributed by atoms with Crippen molar-refractivity contribution in [3.05, 3.63) is 28.2 Å². The summed E-state index contributed by atoms with van der Waals surface area (Å²) in [6, 6.07) is 3.67. The summed E-state index contributed by atoms with van der Waals surface area (Å²) in [5, 5.41) is 11.0. The number of anilines is 1. The molecular formula is C10H11BrN2O3. The summed E-state index contributed by atoms with van der Waals surface area (Å²) in [4.78, 5) is 21.8. The average Bonchev–Trinajstić information content (AvgIpc) is 2.20. The van der Waals surface area contributed by atoms with Crippen LogP contribution in [-0.4, -0.2) is 23.0 Å². The third-order valence-electron chi connectivity index (χ3n) is 1.99. The number of carbonyl (C=O) groups excluding carboxylic acids is 1. The molecule has 0 aliphatic heterocycles. The van der Waals surface area contributed by atoms with Gasteiger partial charge in [0.25, 0.3) is 5.91 Å². The minimum atomic E-state index is -1.55. The van der Waals surface area contributed by atoms with Crippen molar-refractivity contribution in [1.29, 1.82) is 0 Å². The fourth-order valence-electron chi connectivity index (χ4n) is 1.09. The predicted molar refractivity (Wildman–Crippen MR) is 63.1 cm³/mol. The van der Waals surface area contributed by atoms with Gasteiger partial charge in [-0.25, -0.2) is 4.79 Å². The van der Waals surface area contributed by atoms with Gasteiger partial charge < -0.3 is 16.2 Å². The van der Waals surface area contributed by atoms with Crippen molar-refractivity contribution in [2.24, 2.45) is 5.73 Å². The first-order valence-corrected chi connectivity index (χ1v) is 5.26. The number of nitrogens with one attached hydrogen (secondary N) is 1. The Morgan fingerprint density at radius 1 is 1.50 bits per heavy atom. The highest BCUT2D eigenvalue weighted by atomic mass is 79.9. The van der Waals surface area contributed by atoms with Crippen molar-refractivity contribution >= 4 is 33.5 Å². The quantitative estimate of drug-likeness (QED) is 0.726. The Balaban J connectivity index is 2.81. The summed E-state index contributed by atoms with van der Waals surface area (Å²) < 4.78 is 0.880. The van der Waals surface area contributed by atoms with Crippen molar-refractivity contribution in [1.82, 2.24) is 0 Å². The Morgan fingerprint density at radius 2 is 2.12 bits per heavy atom. The highest BCUT2D eigenvalue weighted by Crippen LogP contribution is 2.19. The van der Waals surface area contributed by atoms with Crippen LogP contribution in [0.1, 0.15) is 5.56 Å². The van der Waals surface area contributed by atoms with Gasteiger partial charge in [-0.1, -0.05) is 15.9 Å². The smallest absolute Gasteiger partial charge is 0.330 e. The number of carboxylic acids is 1. The minimum absolute atomic E-state index is 0.546. The Kier molecular flexibility index (Phi) is 4.03. The van der Waals surface area contributed by atoms with Gasteiger partial charge in [-0.15, -0.1) is 0 Å². The van der Waals surface area contributed by atoms with Crippen molar-refractivity contribution in [3.63, 3.8) is 0 Å². The Bertz CT molecular complexity index is 434. The third kappa shape index (κ3) is 3.04. The molecule has 4 N–H and O–H groups in total. The van der Waals surface area contributed by atoms with E-state index in [4.69, 9.17) is 10.8 Å². The molecule has 0 saturated carbocycles. The maximum atomic E-state index is 11.4. The third-order valence-corrected chi connectivity index (χ3v) is 2.49. The fraction of sp³-hybridized carbons (Fsp3) is 0.200. The van der Waals surface area contributed by atoms with Gasteiger partial charge in [-0.3, -0.25) is 4.79 Å². The van der Waals surface area contributed by atoms with Crippen LogP contribution in [0.2, 0.25) is 0 Å². The number of aryl methyl sites for hydroxylation is 1. The van der Waals surface area contributed by atoms with Gasteiger partial charge in [0.05, 0.1) is 0 Å². The predicted octanol–water partition coefficient (Wildman–Crippen LogP) is 1.11. The van der Waals surface area contributed by atoms with E-state index in [0.29, 0.717) is 5.69 Å². The molecule has 0 fully saturated rings.